The molecule has 2 aromatic carbocycles. The molecule has 0 fully saturated rings. The molecule has 0 aliphatic heterocycles. The maximum atomic E-state index is 10.6. The first-order chi connectivity index (χ1) is 12.7. The van der Waals surface area contributed by atoms with E-state index in [0.29, 0.717) is 17.9 Å². The molecule has 10 heteroatoms. The molecule has 0 aliphatic rings. The number of methoxy groups -OCH3 is 1. The minimum absolute atomic E-state index is 0.0261. The summed E-state index contributed by atoms with van der Waals surface area (Å²) in [5.74, 6) is 1.36. The molecule has 3 aromatic rings. The first-order valence-corrected chi connectivity index (χ1v) is 7.61. The van der Waals surface area contributed by atoms with Gasteiger partial charge in [0.05, 0.1) is 23.4 Å². The number of aromatic nitrogens is 4. The second kappa shape index (κ2) is 7.83. The summed E-state index contributed by atoms with van der Waals surface area (Å²) in [5.41, 5.74) is 4.27. The van der Waals surface area contributed by atoms with Crippen molar-refractivity contribution in [3.63, 3.8) is 0 Å². The lowest BCUT2D eigenvalue weighted by atomic mass is 10.3. The van der Waals surface area contributed by atoms with E-state index in [1.165, 1.54) is 12.1 Å². The normalized spacial score (nSPS) is 10.8. The summed E-state index contributed by atoms with van der Waals surface area (Å²) in [6.07, 6.45) is 2.02. The lowest BCUT2D eigenvalue weighted by molar-refractivity contribution is -0.384. The second-order valence-electron chi connectivity index (χ2n) is 5.14. The van der Waals surface area contributed by atoms with Gasteiger partial charge in [-0.15, -0.1) is 5.10 Å². The number of hydrogen-bond donors (Lipinski definition) is 1. The lowest BCUT2D eigenvalue weighted by Gasteiger charge is -2.04. The van der Waals surface area contributed by atoms with Crippen molar-refractivity contribution < 1.29 is 9.66 Å². The number of ether oxygens (including phenoxy) is 1. The Kier molecular flexibility index (Phi) is 5.13. The lowest BCUT2D eigenvalue weighted by Crippen LogP contribution is -2.04. The summed E-state index contributed by atoms with van der Waals surface area (Å²) in [5, 5.41) is 26.3. The van der Waals surface area contributed by atoms with Crippen LogP contribution in [-0.4, -0.2) is 38.5 Å². The molecule has 0 spiro atoms. The molecule has 0 aliphatic carbocycles. The Morgan fingerprint density at radius 3 is 2.62 bits per heavy atom. The van der Waals surface area contributed by atoms with E-state index in [0.717, 1.165) is 11.4 Å². The van der Waals surface area contributed by atoms with Crippen LogP contribution in [0.25, 0.3) is 5.69 Å². The molecule has 0 unspecified atom stereocenters. The maximum Gasteiger partial charge on any atom is 0.269 e. The molecule has 0 bridgehead atoms. The molecule has 0 atom stereocenters. The summed E-state index contributed by atoms with van der Waals surface area (Å²) in [6.45, 7) is 0. The van der Waals surface area contributed by atoms with Crippen LogP contribution in [0.15, 0.2) is 53.6 Å². The highest BCUT2D eigenvalue weighted by Crippen LogP contribution is 2.16. The van der Waals surface area contributed by atoms with Crippen molar-refractivity contribution in [3.8, 4) is 11.4 Å². The third kappa shape index (κ3) is 3.98. The largest absolute Gasteiger partial charge is 0.497 e. The Labute approximate surface area is 148 Å². The molecule has 26 heavy (non-hydrogen) atoms. The van der Waals surface area contributed by atoms with E-state index in [1.54, 1.807) is 30.1 Å². The first kappa shape index (κ1) is 17.0. The fraction of sp³-hybridized carbons (Fsp3) is 0.125. The number of non-ortho nitro benzene ring substituents is 1. The van der Waals surface area contributed by atoms with E-state index >= 15 is 0 Å². The van der Waals surface area contributed by atoms with Crippen LogP contribution in [0.5, 0.6) is 5.75 Å². The van der Waals surface area contributed by atoms with Crippen LogP contribution in [-0.2, 0) is 6.42 Å². The minimum Gasteiger partial charge on any atom is -0.497 e. The van der Waals surface area contributed by atoms with Gasteiger partial charge in [0, 0.05) is 24.8 Å². The number of nitro groups is 1. The molecule has 0 saturated heterocycles. The Morgan fingerprint density at radius 1 is 1.23 bits per heavy atom. The van der Waals surface area contributed by atoms with Gasteiger partial charge in [0.1, 0.15) is 5.75 Å². The Morgan fingerprint density at radius 2 is 1.96 bits per heavy atom. The maximum absolute atomic E-state index is 10.6. The molecule has 1 aromatic heterocycles. The number of hydrazone groups is 1. The molecule has 0 amide bonds. The standard InChI is InChI=1S/C16H15N7O3/c1-26-15-8-6-13(7-9-15)22-16(19-20-21-22)10-11-17-18-12-2-4-14(5-3-12)23(24)25/h2-9,11,18H,10H2,1H3/b17-11+. The number of nitrogens with zero attached hydrogens (tertiary/aromatic N) is 6. The summed E-state index contributed by atoms with van der Waals surface area (Å²) >= 11 is 0. The first-order valence-electron chi connectivity index (χ1n) is 7.61. The van der Waals surface area contributed by atoms with Gasteiger partial charge in [-0.3, -0.25) is 15.5 Å². The highest BCUT2D eigenvalue weighted by molar-refractivity contribution is 5.62. The topological polar surface area (TPSA) is 120 Å². The van der Waals surface area contributed by atoms with Gasteiger partial charge < -0.3 is 4.74 Å². The highest BCUT2D eigenvalue weighted by atomic mass is 16.6. The molecule has 3 rings (SSSR count). The summed E-state index contributed by atoms with van der Waals surface area (Å²) < 4.78 is 6.74. The molecular weight excluding hydrogens is 338 g/mol. The van der Waals surface area contributed by atoms with E-state index in [1.807, 2.05) is 24.3 Å². The van der Waals surface area contributed by atoms with Crippen molar-refractivity contribution in [3.05, 3.63) is 64.5 Å². The summed E-state index contributed by atoms with van der Waals surface area (Å²) in [6, 6.07) is 13.3. The second-order valence-corrected chi connectivity index (χ2v) is 5.14. The summed E-state index contributed by atoms with van der Waals surface area (Å²) in [4.78, 5) is 10.2. The van der Waals surface area contributed by atoms with Gasteiger partial charge in [-0.25, -0.2) is 0 Å². The molecule has 1 heterocycles. The zero-order chi connectivity index (χ0) is 18.4. The molecule has 132 valence electrons. The van der Waals surface area contributed by atoms with E-state index < -0.39 is 4.92 Å². The number of nitrogens with one attached hydrogen (secondary N) is 1. The van der Waals surface area contributed by atoms with Gasteiger partial charge in [0.25, 0.3) is 5.69 Å². The van der Waals surface area contributed by atoms with E-state index in [9.17, 15) is 10.1 Å². The summed E-state index contributed by atoms with van der Waals surface area (Å²) in [7, 11) is 1.60. The Balaban J connectivity index is 1.62. The molecule has 10 nitrogen and oxygen atoms in total. The van der Waals surface area contributed by atoms with Crippen LogP contribution in [0.3, 0.4) is 0 Å². The van der Waals surface area contributed by atoms with Crippen LogP contribution in [0.2, 0.25) is 0 Å². The number of benzene rings is 2. The molecule has 1 N–H and O–H groups in total. The minimum atomic E-state index is -0.452. The quantitative estimate of drug-likeness (QED) is 0.393. The van der Waals surface area contributed by atoms with Crippen LogP contribution in [0.4, 0.5) is 11.4 Å². The van der Waals surface area contributed by atoms with E-state index in [2.05, 4.69) is 26.1 Å². The van der Waals surface area contributed by atoms with Crippen molar-refractivity contribution >= 4 is 17.6 Å². The van der Waals surface area contributed by atoms with Gasteiger partial charge in [-0.2, -0.15) is 9.78 Å². The molecule has 0 radical (unpaired) electrons. The van der Waals surface area contributed by atoms with Crippen molar-refractivity contribution in [1.82, 2.24) is 20.2 Å². The van der Waals surface area contributed by atoms with Gasteiger partial charge >= 0.3 is 0 Å². The predicted molar refractivity (Wildman–Crippen MR) is 94.6 cm³/mol. The van der Waals surface area contributed by atoms with Crippen LogP contribution >= 0.6 is 0 Å². The monoisotopic (exact) mass is 353 g/mol. The highest BCUT2D eigenvalue weighted by Gasteiger charge is 2.07. The Hall–Kier alpha value is -3.82. The number of anilines is 1. The number of nitro benzene ring substituents is 1. The van der Waals surface area contributed by atoms with Gasteiger partial charge in [-0.05, 0) is 46.8 Å². The average molecular weight is 353 g/mol. The van der Waals surface area contributed by atoms with Crippen molar-refractivity contribution in [2.24, 2.45) is 5.10 Å². The van der Waals surface area contributed by atoms with Crippen LogP contribution in [0, 0.1) is 10.1 Å². The smallest absolute Gasteiger partial charge is 0.269 e. The zero-order valence-electron chi connectivity index (χ0n) is 13.8. The molecule has 0 saturated carbocycles. The van der Waals surface area contributed by atoms with Crippen molar-refractivity contribution in [2.45, 2.75) is 6.42 Å². The van der Waals surface area contributed by atoms with E-state index in [4.69, 9.17) is 4.74 Å². The third-order valence-electron chi connectivity index (χ3n) is 3.49. The van der Waals surface area contributed by atoms with Gasteiger partial charge in [0.15, 0.2) is 5.82 Å². The number of tetrazole rings is 1. The Bertz CT molecular complexity index is 904. The average Bonchev–Trinajstić information content (AvgIpc) is 3.14. The van der Waals surface area contributed by atoms with Crippen molar-refractivity contribution in [2.75, 3.05) is 12.5 Å². The van der Waals surface area contributed by atoms with Gasteiger partial charge in [0.2, 0.25) is 0 Å². The number of rotatable bonds is 7. The fourth-order valence-corrected chi connectivity index (χ4v) is 2.16. The predicted octanol–water partition coefficient (Wildman–Crippen LogP) is 2.22. The third-order valence-corrected chi connectivity index (χ3v) is 3.49. The van der Waals surface area contributed by atoms with Gasteiger partial charge in [-0.1, -0.05) is 0 Å². The fourth-order valence-electron chi connectivity index (χ4n) is 2.16. The SMILES string of the molecule is COc1ccc(-n2nnnc2C/C=N/Nc2ccc([N+](=O)[O-])cc2)cc1. The number of hydrogen-bond acceptors (Lipinski definition) is 8. The van der Waals surface area contributed by atoms with Crippen molar-refractivity contribution in [1.29, 1.82) is 0 Å². The molecular formula is C16H15N7O3. The van der Waals surface area contributed by atoms with Crippen LogP contribution in [0.1, 0.15) is 5.82 Å². The van der Waals surface area contributed by atoms with E-state index in [-0.39, 0.29) is 5.69 Å². The zero-order valence-corrected chi connectivity index (χ0v) is 13.8. The van der Waals surface area contributed by atoms with Crippen LogP contribution < -0.4 is 10.2 Å².